The van der Waals surface area contributed by atoms with Crippen LogP contribution in [-0.4, -0.2) is 28.8 Å². The van der Waals surface area contributed by atoms with Crippen molar-refractivity contribution >= 4 is 23.1 Å². The summed E-state index contributed by atoms with van der Waals surface area (Å²) in [7, 11) is 0. The summed E-state index contributed by atoms with van der Waals surface area (Å²) in [6.07, 6.45) is 1.85. The second-order valence-corrected chi connectivity index (χ2v) is 6.08. The summed E-state index contributed by atoms with van der Waals surface area (Å²) < 4.78 is 0. The number of thioether (sulfide) groups is 1. The minimum Gasteiger partial charge on any atom is -0.389 e. The Morgan fingerprint density at radius 2 is 2.20 bits per heavy atom. The van der Waals surface area contributed by atoms with Crippen molar-refractivity contribution in [1.82, 2.24) is 5.32 Å². The first kappa shape index (κ1) is 11.5. The Morgan fingerprint density at radius 1 is 1.40 bits per heavy atom. The van der Waals surface area contributed by atoms with Crippen LogP contribution in [0.2, 0.25) is 0 Å². The molecule has 0 spiro atoms. The molecule has 1 aromatic heterocycles. The molecule has 0 atom stereocenters. The number of nitrogens with one attached hydrogen (secondary N) is 1. The van der Waals surface area contributed by atoms with Crippen molar-refractivity contribution in [3.05, 3.63) is 22.4 Å². The van der Waals surface area contributed by atoms with Crippen molar-refractivity contribution in [3.8, 4) is 0 Å². The fourth-order valence-corrected chi connectivity index (χ4v) is 3.68. The Labute approximate surface area is 99.1 Å². The van der Waals surface area contributed by atoms with Crippen molar-refractivity contribution in [3.63, 3.8) is 0 Å². The van der Waals surface area contributed by atoms with Crippen LogP contribution in [0.5, 0.6) is 0 Å². The van der Waals surface area contributed by atoms with E-state index in [2.05, 4.69) is 22.1 Å². The molecular weight excluding hydrogens is 226 g/mol. The molecule has 0 bridgehead atoms. The molecule has 1 aliphatic rings. The lowest BCUT2D eigenvalue weighted by atomic mass is 9.97. The Bertz CT molecular complexity index is 281. The Morgan fingerprint density at radius 3 is 2.87 bits per heavy atom. The predicted molar refractivity (Wildman–Crippen MR) is 67.5 cm³/mol. The highest BCUT2D eigenvalue weighted by molar-refractivity contribution is 7.99. The minimum atomic E-state index is -0.457. The molecule has 2 heterocycles. The third-order valence-electron chi connectivity index (χ3n) is 2.79. The van der Waals surface area contributed by atoms with E-state index in [9.17, 15) is 5.11 Å². The Kier molecular flexibility index (Phi) is 4.08. The molecule has 1 aromatic rings. The van der Waals surface area contributed by atoms with Crippen molar-refractivity contribution < 1.29 is 5.11 Å². The van der Waals surface area contributed by atoms with E-state index in [1.165, 1.54) is 5.56 Å². The highest BCUT2D eigenvalue weighted by atomic mass is 32.2. The zero-order chi connectivity index (χ0) is 10.6. The van der Waals surface area contributed by atoms with Crippen molar-refractivity contribution in [2.24, 2.45) is 0 Å². The quantitative estimate of drug-likeness (QED) is 0.849. The van der Waals surface area contributed by atoms with Gasteiger partial charge in [-0.25, -0.2) is 0 Å². The van der Waals surface area contributed by atoms with Crippen LogP contribution in [0, 0.1) is 0 Å². The van der Waals surface area contributed by atoms with Crippen LogP contribution in [0.1, 0.15) is 18.4 Å². The lowest BCUT2D eigenvalue weighted by Gasteiger charge is -2.31. The van der Waals surface area contributed by atoms with E-state index >= 15 is 0 Å². The van der Waals surface area contributed by atoms with E-state index in [0.717, 1.165) is 37.4 Å². The van der Waals surface area contributed by atoms with Gasteiger partial charge in [-0.3, -0.25) is 0 Å². The first-order chi connectivity index (χ1) is 7.29. The number of hydrogen-bond acceptors (Lipinski definition) is 4. The second kappa shape index (κ2) is 5.34. The molecule has 2 rings (SSSR count). The molecule has 0 saturated carbocycles. The maximum Gasteiger partial charge on any atom is 0.0787 e. The first-order valence-corrected chi connectivity index (χ1v) is 7.40. The zero-order valence-corrected chi connectivity index (χ0v) is 10.4. The second-order valence-electron chi connectivity index (χ2n) is 4.07. The van der Waals surface area contributed by atoms with Crippen molar-refractivity contribution in [2.75, 3.05) is 18.1 Å². The van der Waals surface area contributed by atoms with Gasteiger partial charge in [0, 0.05) is 13.1 Å². The summed E-state index contributed by atoms with van der Waals surface area (Å²) in [6, 6.07) is 2.12. The molecule has 0 aliphatic carbocycles. The van der Waals surface area contributed by atoms with Crippen LogP contribution < -0.4 is 5.32 Å². The van der Waals surface area contributed by atoms with Crippen LogP contribution in [0.4, 0.5) is 0 Å². The predicted octanol–water partition coefficient (Wildman–Crippen LogP) is 2.10. The largest absolute Gasteiger partial charge is 0.389 e. The molecule has 84 valence electrons. The summed E-state index contributed by atoms with van der Waals surface area (Å²) in [5.74, 6) is 2.19. The van der Waals surface area contributed by atoms with Crippen molar-refractivity contribution in [2.45, 2.75) is 25.0 Å². The van der Waals surface area contributed by atoms with E-state index < -0.39 is 5.60 Å². The summed E-state index contributed by atoms with van der Waals surface area (Å²) in [6.45, 7) is 1.60. The SMILES string of the molecule is OC1(CNCc2ccsc2)CCSCC1. The molecule has 1 saturated heterocycles. The number of hydrogen-bond donors (Lipinski definition) is 2. The van der Waals surface area contributed by atoms with E-state index in [1.807, 2.05) is 11.8 Å². The maximum absolute atomic E-state index is 10.2. The third-order valence-corrected chi connectivity index (χ3v) is 4.50. The van der Waals surface area contributed by atoms with Gasteiger partial charge >= 0.3 is 0 Å². The molecule has 0 radical (unpaired) electrons. The molecule has 1 aliphatic heterocycles. The van der Waals surface area contributed by atoms with E-state index in [0.29, 0.717) is 0 Å². The topological polar surface area (TPSA) is 32.3 Å². The first-order valence-electron chi connectivity index (χ1n) is 5.30. The molecule has 0 unspecified atom stereocenters. The van der Waals surface area contributed by atoms with Crippen LogP contribution in [-0.2, 0) is 6.54 Å². The summed E-state index contributed by atoms with van der Waals surface area (Å²) in [5.41, 5.74) is 0.857. The van der Waals surface area contributed by atoms with Gasteiger partial charge in [-0.1, -0.05) is 0 Å². The molecular formula is C11H17NOS2. The molecule has 2 nitrogen and oxygen atoms in total. The van der Waals surface area contributed by atoms with Gasteiger partial charge in [0.1, 0.15) is 0 Å². The smallest absolute Gasteiger partial charge is 0.0787 e. The van der Waals surface area contributed by atoms with Gasteiger partial charge in [-0.15, -0.1) is 0 Å². The molecule has 1 fully saturated rings. The van der Waals surface area contributed by atoms with Crippen LogP contribution in [0.3, 0.4) is 0 Å². The fraction of sp³-hybridized carbons (Fsp3) is 0.636. The average Bonchev–Trinajstić information content (AvgIpc) is 2.71. The molecule has 15 heavy (non-hydrogen) atoms. The third kappa shape index (κ3) is 3.48. The average molecular weight is 243 g/mol. The molecule has 0 amide bonds. The van der Waals surface area contributed by atoms with Gasteiger partial charge in [0.2, 0.25) is 0 Å². The summed E-state index contributed by atoms with van der Waals surface area (Å²) >= 11 is 3.66. The van der Waals surface area contributed by atoms with Gasteiger partial charge in [0.05, 0.1) is 5.60 Å². The summed E-state index contributed by atoms with van der Waals surface area (Å²) in [4.78, 5) is 0. The van der Waals surface area contributed by atoms with Gasteiger partial charge in [0.25, 0.3) is 0 Å². The van der Waals surface area contributed by atoms with E-state index in [-0.39, 0.29) is 0 Å². The lowest BCUT2D eigenvalue weighted by molar-refractivity contribution is 0.0320. The monoisotopic (exact) mass is 243 g/mol. The zero-order valence-electron chi connectivity index (χ0n) is 8.74. The van der Waals surface area contributed by atoms with Crippen molar-refractivity contribution in [1.29, 1.82) is 0 Å². The molecule has 2 N–H and O–H groups in total. The van der Waals surface area contributed by atoms with Crippen LogP contribution >= 0.6 is 23.1 Å². The van der Waals surface area contributed by atoms with E-state index in [1.54, 1.807) is 11.3 Å². The van der Waals surface area contributed by atoms with Gasteiger partial charge in [-0.2, -0.15) is 23.1 Å². The molecule has 4 heteroatoms. The molecule has 0 aromatic carbocycles. The van der Waals surface area contributed by atoms with Crippen LogP contribution in [0.15, 0.2) is 16.8 Å². The van der Waals surface area contributed by atoms with E-state index in [4.69, 9.17) is 0 Å². The normalized spacial score (nSPS) is 20.3. The fourth-order valence-electron chi connectivity index (χ4n) is 1.76. The standard InChI is InChI=1S/C11H17NOS2/c13-11(2-5-14-6-3-11)9-12-7-10-1-4-15-8-10/h1,4,8,12-13H,2-3,5-7,9H2. The van der Waals surface area contributed by atoms with Gasteiger partial charge < -0.3 is 10.4 Å². The highest BCUT2D eigenvalue weighted by Crippen LogP contribution is 2.26. The Balaban J connectivity index is 1.72. The number of rotatable bonds is 4. The Hall–Kier alpha value is -0.0300. The highest BCUT2D eigenvalue weighted by Gasteiger charge is 2.28. The van der Waals surface area contributed by atoms with Crippen LogP contribution in [0.25, 0.3) is 0 Å². The minimum absolute atomic E-state index is 0.457. The summed E-state index contributed by atoms with van der Waals surface area (Å²) in [5, 5.41) is 17.8. The van der Waals surface area contributed by atoms with Gasteiger partial charge in [0.15, 0.2) is 0 Å². The number of aliphatic hydroxyl groups is 1. The maximum atomic E-state index is 10.2. The lowest BCUT2D eigenvalue weighted by Crippen LogP contribution is -2.43. The number of thiophene rings is 1. The van der Waals surface area contributed by atoms with Gasteiger partial charge in [-0.05, 0) is 46.7 Å².